The molecule has 0 heterocycles. The molecule has 0 aliphatic rings. The second kappa shape index (κ2) is 3.71. The van der Waals surface area contributed by atoms with Crippen LogP contribution in [0.5, 0.6) is 0 Å². The summed E-state index contributed by atoms with van der Waals surface area (Å²) in [5, 5.41) is 0. The van der Waals surface area contributed by atoms with E-state index in [1.54, 1.807) is 6.92 Å². The van der Waals surface area contributed by atoms with Crippen molar-refractivity contribution in [1.29, 1.82) is 0 Å². The fourth-order valence-corrected chi connectivity index (χ4v) is 0.870. The summed E-state index contributed by atoms with van der Waals surface area (Å²) >= 11 is 0. The highest BCUT2D eigenvalue weighted by molar-refractivity contribution is 7.90. The zero-order chi connectivity index (χ0) is 8.20. The summed E-state index contributed by atoms with van der Waals surface area (Å²) in [5.74, 6) is -0.572. The highest BCUT2D eigenvalue weighted by Gasteiger charge is 1.98. The van der Waals surface area contributed by atoms with E-state index in [-0.39, 0.29) is 18.0 Å². The van der Waals surface area contributed by atoms with Crippen molar-refractivity contribution in [2.45, 2.75) is 13.3 Å². The maximum absolute atomic E-state index is 12.3. The van der Waals surface area contributed by atoms with Crippen LogP contribution >= 0.6 is 0 Å². The van der Waals surface area contributed by atoms with Crippen molar-refractivity contribution in [3.8, 4) is 0 Å². The monoisotopic (exact) mass is 166 g/mol. The Morgan fingerprint density at radius 3 is 2.40 bits per heavy atom. The molecule has 0 atom stereocenters. The molecule has 60 valence electrons. The van der Waals surface area contributed by atoms with Gasteiger partial charge in [-0.25, -0.2) is 12.8 Å². The van der Waals surface area contributed by atoms with E-state index in [2.05, 4.69) is 0 Å². The van der Waals surface area contributed by atoms with E-state index in [0.29, 0.717) is 0 Å². The molecule has 0 fully saturated rings. The predicted octanol–water partition coefficient (Wildman–Crippen LogP) is 1.29. The number of allylic oxidation sites excluding steroid dienone is 1. The van der Waals surface area contributed by atoms with E-state index < -0.39 is 9.84 Å². The Morgan fingerprint density at radius 2 is 2.10 bits per heavy atom. The first-order chi connectivity index (χ1) is 4.45. The van der Waals surface area contributed by atoms with Gasteiger partial charge in [-0.3, -0.25) is 0 Å². The Hall–Kier alpha value is -0.380. The van der Waals surface area contributed by atoms with Crippen molar-refractivity contribution in [1.82, 2.24) is 0 Å². The predicted molar refractivity (Wildman–Crippen MR) is 39.2 cm³/mol. The van der Waals surface area contributed by atoms with Crippen molar-refractivity contribution in [3.63, 3.8) is 0 Å². The summed E-state index contributed by atoms with van der Waals surface area (Å²) in [6.07, 6.45) is 2.43. The van der Waals surface area contributed by atoms with Gasteiger partial charge in [-0.05, 0) is 12.5 Å². The van der Waals surface area contributed by atoms with Crippen molar-refractivity contribution in [3.05, 3.63) is 11.9 Å². The molecular formula is C6H11FO2S. The Kier molecular flexibility index (Phi) is 3.57. The first-order valence-electron chi connectivity index (χ1n) is 2.98. The molecule has 10 heavy (non-hydrogen) atoms. The summed E-state index contributed by atoms with van der Waals surface area (Å²) in [4.78, 5) is 0. The summed E-state index contributed by atoms with van der Waals surface area (Å²) < 4.78 is 33.1. The zero-order valence-electron chi connectivity index (χ0n) is 6.09. The van der Waals surface area contributed by atoms with E-state index in [9.17, 15) is 12.8 Å². The van der Waals surface area contributed by atoms with Crippen LogP contribution in [0.2, 0.25) is 0 Å². The molecule has 0 amide bonds. The normalized spacial score (nSPS) is 13.7. The zero-order valence-corrected chi connectivity index (χ0v) is 6.91. The number of hydrogen-bond donors (Lipinski definition) is 0. The number of sulfone groups is 1. The topological polar surface area (TPSA) is 34.1 Å². The van der Waals surface area contributed by atoms with Crippen LogP contribution in [0.4, 0.5) is 4.39 Å². The van der Waals surface area contributed by atoms with Crippen LogP contribution in [-0.2, 0) is 9.84 Å². The summed E-state index contributed by atoms with van der Waals surface area (Å²) in [6.45, 7) is 1.63. The number of hydrogen-bond acceptors (Lipinski definition) is 2. The molecule has 0 saturated carbocycles. The van der Waals surface area contributed by atoms with Crippen LogP contribution in [0.1, 0.15) is 13.3 Å². The van der Waals surface area contributed by atoms with E-state index in [0.717, 1.165) is 12.3 Å². The minimum Gasteiger partial charge on any atom is -0.229 e. The summed E-state index contributed by atoms with van der Waals surface area (Å²) in [7, 11) is -3.05. The first-order valence-corrected chi connectivity index (χ1v) is 5.04. The molecule has 0 bridgehead atoms. The molecule has 0 aliphatic carbocycles. The van der Waals surface area contributed by atoms with E-state index in [4.69, 9.17) is 0 Å². The van der Waals surface area contributed by atoms with Gasteiger partial charge < -0.3 is 0 Å². The first kappa shape index (κ1) is 9.62. The van der Waals surface area contributed by atoms with E-state index in [1.807, 2.05) is 0 Å². The molecular weight excluding hydrogens is 155 g/mol. The molecule has 0 aliphatic heterocycles. The van der Waals surface area contributed by atoms with E-state index in [1.165, 1.54) is 0 Å². The average Bonchev–Trinajstić information content (AvgIpc) is 1.81. The second-order valence-electron chi connectivity index (χ2n) is 2.10. The molecule has 0 spiro atoms. The standard InChI is InChI=1S/C6H11FO2S/c1-3-6(7)4-5-10(2,8)9/h4H,3,5H2,1-2H3/b6-4+. The lowest BCUT2D eigenvalue weighted by Crippen LogP contribution is -1.99. The lowest BCUT2D eigenvalue weighted by Gasteiger charge is -1.90. The van der Waals surface area contributed by atoms with Gasteiger partial charge in [0.1, 0.15) is 0 Å². The highest BCUT2D eigenvalue weighted by atomic mass is 32.2. The molecule has 0 aromatic heterocycles. The third kappa shape index (κ3) is 5.75. The molecule has 0 aromatic rings. The number of halogens is 1. The third-order valence-corrected chi connectivity index (χ3v) is 1.72. The van der Waals surface area contributed by atoms with Crippen molar-refractivity contribution in [2.24, 2.45) is 0 Å². The quantitative estimate of drug-likeness (QED) is 0.633. The Labute approximate surface area is 60.7 Å². The minimum absolute atomic E-state index is 0.202. The lowest BCUT2D eigenvalue weighted by atomic mass is 10.4. The van der Waals surface area contributed by atoms with Crippen molar-refractivity contribution < 1.29 is 12.8 Å². The minimum atomic E-state index is -3.05. The van der Waals surface area contributed by atoms with Gasteiger partial charge in [0.25, 0.3) is 0 Å². The second-order valence-corrected chi connectivity index (χ2v) is 4.28. The van der Waals surface area contributed by atoms with Gasteiger partial charge >= 0.3 is 0 Å². The highest BCUT2D eigenvalue weighted by Crippen LogP contribution is 2.01. The summed E-state index contributed by atoms with van der Waals surface area (Å²) in [6, 6.07) is 0. The molecule has 0 radical (unpaired) electrons. The molecule has 0 rings (SSSR count). The number of rotatable bonds is 3. The fourth-order valence-electron chi connectivity index (χ4n) is 0.386. The molecule has 0 aromatic carbocycles. The van der Waals surface area contributed by atoms with Crippen LogP contribution < -0.4 is 0 Å². The Morgan fingerprint density at radius 1 is 1.60 bits per heavy atom. The van der Waals surface area contributed by atoms with Gasteiger partial charge in [-0.2, -0.15) is 0 Å². The van der Waals surface area contributed by atoms with E-state index >= 15 is 0 Å². The van der Waals surface area contributed by atoms with Crippen LogP contribution in [0.15, 0.2) is 11.9 Å². The lowest BCUT2D eigenvalue weighted by molar-refractivity contribution is 0.593. The molecule has 0 N–H and O–H groups in total. The molecule has 2 nitrogen and oxygen atoms in total. The van der Waals surface area contributed by atoms with Crippen molar-refractivity contribution in [2.75, 3.05) is 12.0 Å². The van der Waals surface area contributed by atoms with Gasteiger partial charge in [0.05, 0.1) is 11.6 Å². The fraction of sp³-hybridized carbons (Fsp3) is 0.667. The van der Waals surface area contributed by atoms with Gasteiger partial charge in [0, 0.05) is 6.26 Å². The Bertz CT molecular complexity index is 216. The van der Waals surface area contributed by atoms with Gasteiger partial charge in [0.15, 0.2) is 9.84 Å². The van der Waals surface area contributed by atoms with Gasteiger partial charge in [-0.1, -0.05) is 6.92 Å². The SMILES string of the molecule is CC/C(F)=C\CS(C)(=O)=O. The largest absolute Gasteiger partial charge is 0.229 e. The Balaban J connectivity index is 3.98. The van der Waals surface area contributed by atoms with Gasteiger partial charge in [0.2, 0.25) is 0 Å². The maximum atomic E-state index is 12.3. The average molecular weight is 166 g/mol. The molecule has 0 unspecified atom stereocenters. The maximum Gasteiger partial charge on any atom is 0.151 e. The smallest absolute Gasteiger partial charge is 0.151 e. The van der Waals surface area contributed by atoms with Crippen molar-refractivity contribution >= 4 is 9.84 Å². The van der Waals surface area contributed by atoms with Crippen LogP contribution in [0.3, 0.4) is 0 Å². The van der Waals surface area contributed by atoms with Gasteiger partial charge in [-0.15, -0.1) is 0 Å². The van der Waals surface area contributed by atoms with Crippen LogP contribution in [-0.4, -0.2) is 20.4 Å². The van der Waals surface area contributed by atoms with Crippen LogP contribution in [0, 0.1) is 0 Å². The molecule has 4 heteroatoms. The summed E-state index contributed by atoms with van der Waals surface area (Å²) in [5.41, 5.74) is 0. The van der Waals surface area contributed by atoms with Crippen LogP contribution in [0.25, 0.3) is 0 Å². The third-order valence-electron chi connectivity index (χ3n) is 0.945. The molecule has 0 saturated heterocycles.